The monoisotopic (exact) mass is 334 g/mol. The van der Waals surface area contributed by atoms with E-state index in [4.69, 9.17) is 9.97 Å². The largest absolute Gasteiger partial charge is 0.384 e. The standard InChI is InChI=1S/C18H30N4O2/c1-12(2)16-19-14(18(4,5)6)11-15(20-16)21-7-9-22(10-8-21)17(24)13(3)23/h11-13,23H,7-10H2,1-6H3. The molecule has 24 heavy (non-hydrogen) atoms. The first-order valence-electron chi connectivity index (χ1n) is 8.71. The highest BCUT2D eigenvalue weighted by Crippen LogP contribution is 2.26. The first kappa shape index (κ1) is 18.6. The molecule has 2 rings (SSSR count). The number of hydrogen-bond acceptors (Lipinski definition) is 5. The van der Waals surface area contributed by atoms with Gasteiger partial charge in [-0.25, -0.2) is 9.97 Å². The minimum Gasteiger partial charge on any atom is -0.384 e. The molecule has 1 fully saturated rings. The van der Waals surface area contributed by atoms with E-state index >= 15 is 0 Å². The van der Waals surface area contributed by atoms with Gasteiger partial charge in [0.25, 0.3) is 5.91 Å². The van der Waals surface area contributed by atoms with E-state index in [1.54, 1.807) is 4.90 Å². The molecular weight excluding hydrogens is 304 g/mol. The molecule has 134 valence electrons. The number of hydrogen-bond donors (Lipinski definition) is 1. The van der Waals surface area contributed by atoms with Crippen LogP contribution in [-0.2, 0) is 10.2 Å². The van der Waals surface area contributed by atoms with Gasteiger partial charge in [-0.15, -0.1) is 0 Å². The van der Waals surface area contributed by atoms with Crippen molar-refractivity contribution in [2.75, 3.05) is 31.1 Å². The summed E-state index contributed by atoms with van der Waals surface area (Å²) in [6.07, 6.45) is -0.935. The topological polar surface area (TPSA) is 69.6 Å². The molecule has 0 aliphatic carbocycles. The van der Waals surface area contributed by atoms with Crippen molar-refractivity contribution in [3.8, 4) is 0 Å². The summed E-state index contributed by atoms with van der Waals surface area (Å²) in [7, 11) is 0. The third-order valence-electron chi connectivity index (χ3n) is 4.29. The van der Waals surface area contributed by atoms with Gasteiger partial charge in [-0.1, -0.05) is 34.6 Å². The second kappa shape index (κ2) is 7.05. The molecule has 1 aromatic heterocycles. The lowest BCUT2D eigenvalue weighted by Gasteiger charge is -2.36. The van der Waals surface area contributed by atoms with Crippen molar-refractivity contribution in [3.05, 3.63) is 17.6 Å². The normalized spacial score (nSPS) is 17.3. The minimum atomic E-state index is -0.935. The lowest BCUT2D eigenvalue weighted by molar-refractivity contribution is -0.139. The molecule has 0 aromatic carbocycles. The van der Waals surface area contributed by atoms with E-state index in [1.807, 2.05) is 0 Å². The Kier molecular flexibility index (Phi) is 5.48. The van der Waals surface area contributed by atoms with Crippen molar-refractivity contribution in [1.29, 1.82) is 0 Å². The summed E-state index contributed by atoms with van der Waals surface area (Å²) in [6.45, 7) is 14.8. The van der Waals surface area contributed by atoms with Crippen LogP contribution in [0.1, 0.15) is 59.0 Å². The number of anilines is 1. The van der Waals surface area contributed by atoms with E-state index in [-0.39, 0.29) is 17.2 Å². The van der Waals surface area contributed by atoms with Crippen LogP contribution in [0.5, 0.6) is 0 Å². The number of carbonyl (C=O) groups excluding carboxylic acids is 1. The van der Waals surface area contributed by atoms with Crippen molar-refractivity contribution in [1.82, 2.24) is 14.9 Å². The predicted molar refractivity (Wildman–Crippen MR) is 95.3 cm³/mol. The van der Waals surface area contributed by atoms with Gasteiger partial charge in [0.15, 0.2) is 0 Å². The highest BCUT2D eigenvalue weighted by Gasteiger charge is 2.26. The molecule has 6 nitrogen and oxygen atoms in total. The average molecular weight is 334 g/mol. The molecule has 6 heteroatoms. The summed E-state index contributed by atoms with van der Waals surface area (Å²) < 4.78 is 0. The second-order valence-electron chi connectivity index (χ2n) is 7.86. The first-order chi connectivity index (χ1) is 11.1. The smallest absolute Gasteiger partial charge is 0.251 e. The van der Waals surface area contributed by atoms with Crippen LogP contribution in [0.4, 0.5) is 5.82 Å². The molecule has 1 aromatic rings. The van der Waals surface area contributed by atoms with Crippen molar-refractivity contribution < 1.29 is 9.90 Å². The van der Waals surface area contributed by atoms with Crippen LogP contribution in [0.2, 0.25) is 0 Å². The zero-order valence-corrected chi connectivity index (χ0v) is 15.7. The summed E-state index contributed by atoms with van der Waals surface area (Å²) in [5.74, 6) is 1.86. The maximum absolute atomic E-state index is 11.9. The minimum absolute atomic E-state index is 0.0363. The molecule has 0 bridgehead atoms. The summed E-state index contributed by atoms with van der Waals surface area (Å²) in [5, 5.41) is 9.45. The van der Waals surface area contributed by atoms with E-state index in [1.165, 1.54) is 6.92 Å². The van der Waals surface area contributed by atoms with Crippen molar-refractivity contribution in [3.63, 3.8) is 0 Å². The van der Waals surface area contributed by atoms with Crippen LogP contribution >= 0.6 is 0 Å². The Morgan fingerprint density at radius 2 is 1.71 bits per heavy atom. The van der Waals surface area contributed by atoms with E-state index in [0.717, 1.165) is 30.4 Å². The summed E-state index contributed by atoms with van der Waals surface area (Å²) >= 11 is 0. The first-order valence-corrected chi connectivity index (χ1v) is 8.71. The maximum Gasteiger partial charge on any atom is 0.251 e. The van der Waals surface area contributed by atoms with E-state index in [9.17, 15) is 9.90 Å². The third-order valence-corrected chi connectivity index (χ3v) is 4.29. The molecule has 0 radical (unpaired) electrons. The highest BCUT2D eigenvalue weighted by molar-refractivity contribution is 5.80. The van der Waals surface area contributed by atoms with Crippen LogP contribution in [0.15, 0.2) is 6.07 Å². The fraction of sp³-hybridized carbons (Fsp3) is 0.722. The number of nitrogens with zero attached hydrogens (tertiary/aromatic N) is 4. The molecule has 1 unspecified atom stereocenters. The summed E-state index contributed by atoms with van der Waals surface area (Å²) in [6, 6.07) is 2.07. The zero-order valence-electron chi connectivity index (χ0n) is 15.7. The molecule has 1 aliphatic heterocycles. The van der Waals surface area contributed by atoms with Crippen LogP contribution in [0, 0.1) is 0 Å². The molecule has 1 amide bonds. The Balaban J connectivity index is 2.21. The molecule has 1 saturated heterocycles. The van der Waals surface area contributed by atoms with Crippen molar-refractivity contribution in [2.45, 2.75) is 59.0 Å². The van der Waals surface area contributed by atoms with Gasteiger partial charge in [-0.05, 0) is 6.92 Å². The number of aliphatic hydroxyl groups is 1. The SMILES string of the molecule is CC(O)C(=O)N1CCN(c2cc(C(C)(C)C)nc(C(C)C)n2)CC1. The number of carbonyl (C=O) groups is 1. The van der Waals surface area contributed by atoms with E-state index in [0.29, 0.717) is 13.1 Å². The van der Waals surface area contributed by atoms with Crippen LogP contribution < -0.4 is 4.90 Å². The Hall–Kier alpha value is -1.69. The predicted octanol–water partition coefficient (Wildman–Crippen LogP) is 1.93. The number of rotatable bonds is 3. The summed E-state index contributed by atoms with van der Waals surface area (Å²) in [5.41, 5.74) is 1.00. The van der Waals surface area contributed by atoms with Crippen LogP contribution in [0.25, 0.3) is 0 Å². The molecular formula is C18H30N4O2. The Bertz CT molecular complexity index is 585. The lowest BCUT2D eigenvalue weighted by atomic mass is 9.91. The van der Waals surface area contributed by atoms with Gasteiger partial charge in [0.05, 0.1) is 5.69 Å². The van der Waals surface area contributed by atoms with Gasteiger partial charge >= 0.3 is 0 Å². The van der Waals surface area contributed by atoms with E-state index < -0.39 is 6.10 Å². The number of amides is 1. The van der Waals surface area contributed by atoms with E-state index in [2.05, 4.69) is 45.6 Å². The fourth-order valence-electron chi connectivity index (χ4n) is 2.68. The molecule has 0 saturated carbocycles. The van der Waals surface area contributed by atoms with Crippen LogP contribution in [0.3, 0.4) is 0 Å². The zero-order chi connectivity index (χ0) is 18.1. The molecule has 1 aliphatic rings. The third kappa shape index (κ3) is 4.23. The number of aromatic nitrogens is 2. The highest BCUT2D eigenvalue weighted by atomic mass is 16.3. The summed E-state index contributed by atoms with van der Waals surface area (Å²) in [4.78, 5) is 25.3. The van der Waals surface area contributed by atoms with Gasteiger partial charge in [-0.2, -0.15) is 0 Å². The Labute approximate surface area is 144 Å². The molecule has 1 atom stereocenters. The molecule has 2 heterocycles. The second-order valence-corrected chi connectivity index (χ2v) is 7.86. The van der Waals surface area contributed by atoms with Crippen LogP contribution in [-0.4, -0.2) is 58.2 Å². The van der Waals surface area contributed by atoms with Crippen molar-refractivity contribution >= 4 is 11.7 Å². The van der Waals surface area contributed by atoms with Gasteiger partial charge in [0.1, 0.15) is 17.7 Å². The van der Waals surface area contributed by atoms with Gasteiger partial charge in [0, 0.05) is 43.6 Å². The molecule has 1 N–H and O–H groups in total. The Morgan fingerprint density at radius 3 is 2.17 bits per heavy atom. The quantitative estimate of drug-likeness (QED) is 0.915. The molecule has 0 spiro atoms. The van der Waals surface area contributed by atoms with Gasteiger partial charge in [-0.3, -0.25) is 4.79 Å². The van der Waals surface area contributed by atoms with Crippen molar-refractivity contribution in [2.24, 2.45) is 0 Å². The number of aliphatic hydroxyl groups excluding tert-OH is 1. The average Bonchev–Trinajstić information content (AvgIpc) is 2.53. The Morgan fingerprint density at radius 1 is 1.12 bits per heavy atom. The van der Waals surface area contributed by atoms with Gasteiger partial charge < -0.3 is 14.9 Å². The lowest BCUT2D eigenvalue weighted by Crippen LogP contribution is -2.51. The number of piperazine rings is 1. The van der Waals surface area contributed by atoms with Gasteiger partial charge in [0.2, 0.25) is 0 Å². The fourth-order valence-corrected chi connectivity index (χ4v) is 2.68. The maximum atomic E-state index is 11.9.